The van der Waals surface area contributed by atoms with Crippen LogP contribution in [0.3, 0.4) is 0 Å². The Kier molecular flexibility index (Phi) is 14.3. The molecule has 0 radical (unpaired) electrons. The molecule has 0 saturated carbocycles. The Balaban J connectivity index is 0.00000784. The van der Waals surface area contributed by atoms with Crippen molar-refractivity contribution in [3.8, 4) is 0 Å². The largest absolute Gasteiger partial charge is 0.357 e. The van der Waals surface area contributed by atoms with Gasteiger partial charge in [0.05, 0.1) is 6.54 Å². The first kappa shape index (κ1) is 27.9. The predicted octanol–water partition coefficient (Wildman–Crippen LogP) is 3.12. The molecule has 2 N–H and O–H groups in total. The number of nitrogens with zero attached hydrogens (tertiary/aromatic N) is 3. The minimum Gasteiger partial charge on any atom is -0.357 e. The standard InChI is InChI=1S/C22H41N5O.HI/c1-8-12-26(13-9-2)20(17(4)5)15-24-22(23-10-3)25-19-11-14-27(16-19)21(28)18(6)7;/h8-9,17-20H,1-2,10-16H2,3-7H3,(H2,23,24,25);1H. The third kappa shape index (κ3) is 9.51. The number of carbonyl (C=O) groups excluding carboxylic acids is 1. The SMILES string of the molecule is C=CCN(CC=C)C(CN=C(NCC)NC1CCN(C(=O)C(C)C)C1)C(C)C.I. The summed E-state index contributed by atoms with van der Waals surface area (Å²) in [5.74, 6) is 1.58. The molecule has 1 rings (SSSR count). The highest BCUT2D eigenvalue weighted by atomic mass is 127. The van der Waals surface area contributed by atoms with Gasteiger partial charge >= 0.3 is 0 Å². The smallest absolute Gasteiger partial charge is 0.225 e. The summed E-state index contributed by atoms with van der Waals surface area (Å²) in [6, 6.07) is 0.560. The lowest BCUT2D eigenvalue weighted by atomic mass is 10.0. The van der Waals surface area contributed by atoms with Crippen molar-refractivity contribution in [3.63, 3.8) is 0 Å². The number of halogens is 1. The summed E-state index contributed by atoms with van der Waals surface area (Å²) in [6.45, 7) is 22.9. The van der Waals surface area contributed by atoms with Crippen LogP contribution in [-0.4, -0.2) is 73.0 Å². The minimum atomic E-state index is 0. The molecule has 1 amide bonds. The molecule has 0 aromatic heterocycles. The van der Waals surface area contributed by atoms with Gasteiger partial charge < -0.3 is 15.5 Å². The summed E-state index contributed by atoms with van der Waals surface area (Å²) in [5.41, 5.74) is 0. The number of nitrogens with one attached hydrogen (secondary N) is 2. The van der Waals surface area contributed by atoms with Gasteiger partial charge in [0.15, 0.2) is 5.96 Å². The second-order valence-electron chi connectivity index (χ2n) is 8.13. The Hall–Kier alpha value is -1.09. The van der Waals surface area contributed by atoms with E-state index in [2.05, 4.69) is 49.5 Å². The molecule has 1 heterocycles. The van der Waals surface area contributed by atoms with E-state index in [1.165, 1.54) is 0 Å². The second kappa shape index (κ2) is 14.8. The van der Waals surface area contributed by atoms with Crippen LogP contribution < -0.4 is 10.6 Å². The van der Waals surface area contributed by atoms with Crippen molar-refractivity contribution in [1.82, 2.24) is 20.4 Å². The molecular weight excluding hydrogens is 477 g/mol. The summed E-state index contributed by atoms with van der Waals surface area (Å²) in [4.78, 5) is 21.4. The van der Waals surface area contributed by atoms with Gasteiger partial charge in [0, 0.05) is 50.7 Å². The van der Waals surface area contributed by atoms with E-state index in [0.29, 0.717) is 18.5 Å². The number of amides is 1. The molecule has 2 atom stereocenters. The average molecular weight is 520 g/mol. The molecule has 0 spiro atoms. The number of aliphatic imine (C=N–C) groups is 1. The van der Waals surface area contributed by atoms with Crippen LogP contribution in [0.1, 0.15) is 41.0 Å². The fourth-order valence-electron chi connectivity index (χ4n) is 3.57. The minimum absolute atomic E-state index is 0. The highest BCUT2D eigenvalue weighted by molar-refractivity contribution is 14.0. The van der Waals surface area contributed by atoms with E-state index in [9.17, 15) is 4.79 Å². The molecule has 7 heteroatoms. The van der Waals surface area contributed by atoms with Crippen molar-refractivity contribution in [2.45, 2.75) is 53.1 Å². The van der Waals surface area contributed by atoms with Crippen LogP contribution >= 0.6 is 24.0 Å². The highest BCUT2D eigenvalue weighted by Crippen LogP contribution is 2.14. The summed E-state index contributed by atoms with van der Waals surface area (Å²) in [6.07, 6.45) is 4.82. The van der Waals surface area contributed by atoms with Gasteiger partial charge in [0.25, 0.3) is 0 Å². The van der Waals surface area contributed by atoms with E-state index in [0.717, 1.165) is 45.1 Å². The number of hydrogen-bond donors (Lipinski definition) is 2. The normalized spacial score (nSPS) is 18.0. The fourth-order valence-corrected chi connectivity index (χ4v) is 3.57. The van der Waals surface area contributed by atoms with Crippen molar-refractivity contribution in [1.29, 1.82) is 0 Å². The van der Waals surface area contributed by atoms with Crippen LogP contribution in [0, 0.1) is 11.8 Å². The van der Waals surface area contributed by atoms with E-state index < -0.39 is 0 Å². The lowest BCUT2D eigenvalue weighted by Crippen LogP contribution is -2.47. The van der Waals surface area contributed by atoms with Crippen molar-refractivity contribution >= 4 is 35.8 Å². The lowest BCUT2D eigenvalue weighted by molar-refractivity contribution is -0.133. The maximum absolute atomic E-state index is 12.2. The first-order valence-corrected chi connectivity index (χ1v) is 10.6. The van der Waals surface area contributed by atoms with Gasteiger partial charge in [-0.1, -0.05) is 39.8 Å². The molecule has 0 bridgehead atoms. The zero-order valence-electron chi connectivity index (χ0n) is 19.0. The topological polar surface area (TPSA) is 60.0 Å². The highest BCUT2D eigenvalue weighted by Gasteiger charge is 2.28. The summed E-state index contributed by atoms with van der Waals surface area (Å²) >= 11 is 0. The third-order valence-electron chi connectivity index (χ3n) is 5.08. The van der Waals surface area contributed by atoms with E-state index in [4.69, 9.17) is 4.99 Å². The van der Waals surface area contributed by atoms with Crippen molar-refractivity contribution < 1.29 is 4.79 Å². The summed E-state index contributed by atoms with van der Waals surface area (Å²) < 4.78 is 0. The first-order valence-electron chi connectivity index (χ1n) is 10.6. The molecule has 6 nitrogen and oxygen atoms in total. The molecule has 1 aliphatic rings. The van der Waals surface area contributed by atoms with E-state index in [-0.39, 0.29) is 41.8 Å². The number of likely N-dealkylation sites (tertiary alicyclic amines) is 1. The molecule has 2 unspecified atom stereocenters. The Morgan fingerprint density at radius 3 is 2.34 bits per heavy atom. The van der Waals surface area contributed by atoms with E-state index >= 15 is 0 Å². The molecule has 29 heavy (non-hydrogen) atoms. The Bertz CT molecular complexity index is 525. The van der Waals surface area contributed by atoms with Gasteiger partial charge in [-0.2, -0.15) is 0 Å². The van der Waals surface area contributed by atoms with Crippen LogP contribution in [0.5, 0.6) is 0 Å². The maximum Gasteiger partial charge on any atom is 0.225 e. The third-order valence-corrected chi connectivity index (χ3v) is 5.08. The van der Waals surface area contributed by atoms with E-state index in [1.807, 2.05) is 30.9 Å². The first-order chi connectivity index (χ1) is 13.3. The monoisotopic (exact) mass is 519 g/mol. The molecule has 0 aliphatic carbocycles. The molecule has 0 aromatic rings. The molecule has 1 aliphatic heterocycles. The Morgan fingerprint density at radius 1 is 1.24 bits per heavy atom. The Labute approximate surface area is 195 Å². The van der Waals surface area contributed by atoms with Gasteiger partial charge in [0.1, 0.15) is 0 Å². The van der Waals surface area contributed by atoms with Gasteiger partial charge in [-0.05, 0) is 19.3 Å². The van der Waals surface area contributed by atoms with Crippen LogP contribution in [0.4, 0.5) is 0 Å². The van der Waals surface area contributed by atoms with Crippen molar-refractivity contribution in [3.05, 3.63) is 25.3 Å². The van der Waals surface area contributed by atoms with Crippen LogP contribution in [0.25, 0.3) is 0 Å². The maximum atomic E-state index is 12.2. The fraction of sp³-hybridized carbons (Fsp3) is 0.727. The number of guanidine groups is 1. The number of carbonyl (C=O) groups is 1. The molecule has 168 valence electrons. The van der Waals surface area contributed by atoms with Gasteiger partial charge in [-0.3, -0.25) is 14.7 Å². The second-order valence-corrected chi connectivity index (χ2v) is 8.13. The van der Waals surface area contributed by atoms with Gasteiger partial charge in [-0.25, -0.2) is 0 Å². The van der Waals surface area contributed by atoms with Crippen LogP contribution in [-0.2, 0) is 4.79 Å². The lowest BCUT2D eigenvalue weighted by Gasteiger charge is -2.32. The van der Waals surface area contributed by atoms with Crippen LogP contribution in [0.15, 0.2) is 30.3 Å². The molecular formula is C22H42IN5O. The van der Waals surface area contributed by atoms with Crippen molar-refractivity contribution in [2.75, 3.05) is 39.3 Å². The van der Waals surface area contributed by atoms with E-state index in [1.54, 1.807) is 0 Å². The molecule has 0 aromatic carbocycles. The summed E-state index contributed by atoms with van der Waals surface area (Å²) in [5, 5.41) is 6.87. The van der Waals surface area contributed by atoms with Crippen molar-refractivity contribution in [2.24, 2.45) is 16.8 Å². The van der Waals surface area contributed by atoms with Gasteiger partial charge in [-0.15, -0.1) is 37.1 Å². The molecule has 1 fully saturated rings. The molecule has 1 saturated heterocycles. The predicted molar refractivity (Wildman–Crippen MR) is 135 cm³/mol. The average Bonchev–Trinajstić information content (AvgIpc) is 3.09. The summed E-state index contributed by atoms with van der Waals surface area (Å²) in [7, 11) is 0. The van der Waals surface area contributed by atoms with Gasteiger partial charge in [0.2, 0.25) is 5.91 Å². The number of hydrogen-bond acceptors (Lipinski definition) is 3. The number of rotatable bonds is 11. The zero-order chi connectivity index (χ0) is 21.1. The quantitative estimate of drug-likeness (QED) is 0.191. The zero-order valence-corrected chi connectivity index (χ0v) is 21.3. The van der Waals surface area contributed by atoms with Crippen LogP contribution in [0.2, 0.25) is 0 Å². The Morgan fingerprint density at radius 2 is 1.86 bits per heavy atom.